The lowest BCUT2D eigenvalue weighted by atomic mass is 10.1. The highest BCUT2D eigenvalue weighted by Gasteiger charge is 2.19. The van der Waals surface area contributed by atoms with Crippen molar-refractivity contribution < 1.29 is 22.7 Å². The average molecular weight is 404 g/mol. The summed E-state index contributed by atoms with van der Waals surface area (Å²) in [5.41, 5.74) is 3.13. The highest BCUT2D eigenvalue weighted by Crippen LogP contribution is 2.20. The van der Waals surface area contributed by atoms with Crippen LogP contribution in [0.2, 0.25) is 0 Å². The number of hydrogen-bond acceptors (Lipinski definition) is 5. The normalized spacial score (nSPS) is 11.1. The lowest BCUT2D eigenvalue weighted by Crippen LogP contribution is -2.24. The summed E-state index contributed by atoms with van der Waals surface area (Å²) in [7, 11) is -3.70. The molecule has 28 heavy (non-hydrogen) atoms. The molecule has 0 unspecified atom stereocenters. The molecule has 2 aromatic rings. The number of benzene rings is 2. The first-order valence-corrected chi connectivity index (χ1v) is 10.3. The number of esters is 1. The SMILES string of the molecule is CCNS(=O)(=O)c1ccc(C)c(C(=O)OCC(=O)Nc2c(C)cccc2C)c1. The monoisotopic (exact) mass is 404 g/mol. The van der Waals surface area contributed by atoms with E-state index in [1.807, 2.05) is 32.0 Å². The Morgan fingerprint density at radius 2 is 1.64 bits per heavy atom. The van der Waals surface area contributed by atoms with E-state index in [0.29, 0.717) is 11.3 Å². The van der Waals surface area contributed by atoms with Gasteiger partial charge in [0, 0.05) is 12.2 Å². The van der Waals surface area contributed by atoms with Crippen LogP contribution in [0.5, 0.6) is 0 Å². The number of ether oxygens (including phenoxy) is 1. The van der Waals surface area contributed by atoms with Gasteiger partial charge in [0.25, 0.3) is 5.91 Å². The second-order valence-corrected chi connectivity index (χ2v) is 8.14. The van der Waals surface area contributed by atoms with Gasteiger partial charge in [0.15, 0.2) is 6.61 Å². The molecule has 0 spiro atoms. The summed E-state index contributed by atoms with van der Waals surface area (Å²) >= 11 is 0. The molecule has 0 saturated carbocycles. The van der Waals surface area contributed by atoms with Crippen LogP contribution in [0.1, 0.15) is 34.0 Å². The highest BCUT2D eigenvalue weighted by molar-refractivity contribution is 7.89. The Hall–Kier alpha value is -2.71. The molecular weight excluding hydrogens is 380 g/mol. The zero-order valence-corrected chi connectivity index (χ0v) is 17.1. The second-order valence-electron chi connectivity index (χ2n) is 6.37. The van der Waals surface area contributed by atoms with Gasteiger partial charge in [-0.1, -0.05) is 31.2 Å². The summed E-state index contributed by atoms with van der Waals surface area (Å²) in [6, 6.07) is 9.81. The van der Waals surface area contributed by atoms with Crippen molar-refractivity contribution in [1.29, 1.82) is 0 Å². The molecule has 0 radical (unpaired) electrons. The molecule has 2 rings (SSSR count). The van der Waals surface area contributed by atoms with Gasteiger partial charge in [0.2, 0.25) is 10.0 Å². The van der Waals surface area contributed by atoms with E-state index in [1.54, 1.807) is 13.8 Å². The molecule has 0 heterocycles. The number of nitrogens with one attached hydrogen (secondary N) is 2. The number of carbonyl (C=O) groups excluding carboxylic acids is 2. The molecule has 0 aromatic heterocycles. The fraction of sp³-hybridized carbons (Fsp3) is 0.300. The molecule has 0 aliphatic rings. The van der Waals surface area contributed by atoms with Crippen LogP contribution in [0, 0.1) is 20.8 Å². The number of anilines is 1. The predicted octanol–water partition coefficient (Wildman–Crippen LogP) is 2.71. The third kappa shape index (κ3) is 5.17. The number of para-hydroxylation sites is 1. The minimum atomic E-state index is -3.70. The predicted molar refractivity (Wildman–Crippen MR) is 107 cm³/mol. The second kappa shape index (κ2) is 8.99. The maximum atomic E-state index is 12.4. The molecule has 150 valence electrons. The zero-order valence-electron chi connectivity index (χ0n) is 16.3. The van der Waals surface area contributed by atoms with Crippen molar-refractivity contribution in [3.05, 3.63) is 58.7 Å². The number of rotatable bonds is 7. The molecule has 0 aliphatic carbocycles. The quantitative estimate of drug-likeness (QED) is 0.691. The van der Waals surface area contributed by atoms with Crippen molar-refractivity contribution in [2.24, 2.45) is 0 Å². The van der Waals surface area contributed by atoms with Gasteiger partial charge in [-0.05, 0) is 49.6 Å². The summed E-state index contributed by atoms with van der Waals surface area (Å²) < 4.78 is 31.7. The molecule has 0 saturated heterocycles. The van der Waals surface area contributed by atoms with Crippen LogP contribution in [0.3, 0.4) is 0 Å². The molecule has 2 N–H and O–H groups in total. The van der Waals surface area contributed by atoms with E-state index in [-0.39, 0.29) is 17.0 Å². The van der Waals surface area contributed by atoms with E-state index < -0.39 is 28.5 Å². The maximum absolute atomic E-state index is 12.4. The molecule has 8 heteroatoms. The Balaban J connectivity index is 2.10. The molecule has 7 nitrogen and oxygen atoms in total. The smallest absolute Gasteiger partial charge is 0.338 e. The Labute approximate surface area is 165 Å². The van der Waals surface area contributed by atoms with Crippen LogP contribution in [0.25, 0.3) is 0 Å². The van der Waals surface area contributed by atoms with Gasteiger partial charge in [-0.2, -0.15) is 0 Å². The minimum absolute atomic E-state index is 0.0353. The Morgan fingerprint density at radius 3 is 2.25 bits per heavy atom. The van der Waals surface area contributed by atoms with Crippen LogP contribution in [-0.2, 0) is 19.6 Å². The van der Waals surface area contributed by atoms with Crippen molar-refractivity contribution >= 4 is 27.6 Å². The Kier molecular flexibility index (Phi) is 6.93. The third-order valence-electron chi connectivity index (χ3n) is 4.15. The van der Waals surface area contributed by atoms with Crippen molar-refractivity contribution in [2.45, 2.75) is 32.6 Å². The van der Waals surface area contributed by atoms with Gasteiger partial charge in [-0.25, -0.2) is 17.9 Å². The van der Waals surface area contributed by atoms with Crippen molar-refractivity contribution in [3.63, 3.8) is 0 Å². The molecular formula is C20H24N2O5S. The number of sulfonamides is 1. The Morgan fingerprint density at radius 1 is 1.00 bits per heavy atom. The number of aryl methyl sites for hydroxylation is 3. The summed E-state index contributed by atoms with van der Waals surface area (Å²) in [6.45, 7) is 6.82. The van der Waals surface area contributed by atoms with Gasteiger partial charge in [0.05, 0.1) is 10.5 Å². The summed E-state index contributed by atoms with van der Waals surface area (Å²) in [4.78, 5) is 24.5. The molecule has 0 atom stereocenters. The van der Waals surface area contributed by atoms with E-state index in [2.05, 4.69) is 10.0 Å². The molecule has 0 bridgehead atoms. The first-order chi connectivity index (χ1) is 13.2. The van der Waals surface area contributed by atoms with Gasteiger partial charge < -0.3 is 10.1 Å². The number of amides is 1. The number of hydrogen-bond donors (Lipinski definition) is 2. The lowest BCUT2D eigenvalue weighted by Gasteiger charge is -2.12. The summed E-state index contributed by atoms with van der Waals surface area (Å²) in [5, 5.41) is 2.73. The minimum Gasteiger partial charge on any atom is -0.452 e. The average Bonchev–Trinajstić information content (AvgIpc) is 2.63. The third-order valence-corrected chi connectivity index (χ3v) is 5.70. The van der Waals surface area contributed by atoms with Crippen molar-refractivity contribution in [3.8, 4) is 0 Å². The summed E-state index contributed by atoms with van der Waals surface area (Å²) in [6.07, 6.45) is 0. The standard InChI is InChI=1S/C20H24N2O5S/c1-5-21-28(25,26)16-10-9-13(2)17(11-16)20(24)27-12-18(23)22-19-14(3)7-6-8-15(19)4/h6-11,21H,5,12H2,1-4H3,(H,22,23). The fourth-order valence-corrected chi connectivity index (χ4v) is 3.72. The number of carbonyl (C=O) groups is 2. The highest BCUT2D eigenvalue weighted by atomic mass is 32.2. The van der Waals surface area contributed by atoms with Gasteiger partial charge in [-0.3, -0.25) is 4.79 Å². The molecule has 0 aliphatic heterocycles. The summed E-state index contributed by atoms with van der Waals surface area (Å²) in [5.74, 6) is -1.23. The van der Waals surface area contributed by atoms with Crippen LogP contribution < -0.4 is 10.0 Å². The van der Waals surface area contributed by atoms with E-state index >= 15 is 0 Å². The van der Waals surface area contributed by atoms with Crippen LogP contribution >= 0.6 is 0 Å². The van der Waals surface area contributed by atoms with Crippen LogP contribution in [-0.4, -0.2) is 33.4 Å². The van der Waals surface area contributed by atoms with Gasteiger partial charge >= 0.3 is 5.97 Å². The van der Waals surface area contributed by atoms with Crippen molar-refractivity contribution in [1.82, 2.24) is 4.72 Å². The largest absolute Gasteiger partial charge is 0.452 e. The molecule has 1 amide bonds. The topological polar surface area (TPSA) is 102 Å². The van der Waals surface area contributed by atoms with E-state index in [0.717, 1.165) is 11.1 Å². The van der Waals surface area contributed by atoms with Gasteiger partial charge in [0.1, 0.15) is 0 Å². The van der Waals surface area contributed by atoms with Gasteiger partial charge in [-0.15, -0.1) is 0 Å². The van der Waals surface area contributed by atoms with Crippen LogP contribution in [0.15, 0.2) is 41.3 Å². The lowest BCUT2D eigenvalue weighted by molar-refractivity contribution is -0.119. The van der Waals surface area contributed by atoms with Crippen molar-refractivity contribution in [2.75, 3.05) is 18.5 Å². The first kappa shape index (κ1) is 21.6. The molecule has 2 aromatic carbocycles. The first-order valence-electron chi connectivity index (χ1n) is 8.79. The maximum Gasteiger partial charge on any atom is 0.338 e. The Bertz CT molecular complexity index is 979. The van der Waals surface area contributed by atoms with E-state index in [9.17, 15) is 18.0 Å². The fourth-order valence-electron chi connectivity index (χ4n) is 2.66. The van der Waals surface area contributed by atoms with E-state index in [4.69, 9.17) is 4.74 Å². The molecule has 0 fully saturated rings. The zero-order chi connectivity index (χ0) is 20.9. The van der Waals surface area contributed by atoms with E-state index in [1.165, 1.54) is 18.2 Å². The van der Waals surface area contributed by atoms with Crippen LogP contribution in [0.4, 0.5) is 5.69 Å².